The molecule has 0 aromatic heterocycles. The lowest BCUT2D eigenvalue weighted by Gasteiger charge is -2.39. The van der Waals surface area contributed by atoms with Crippen LogP contribution in [0.15, 0.2) is 0 Å². The Labute approximate surface area is 235 Å². The summed E-state index contributed by atoms with van der Waals surface area (Å²) in [4.78, 5) is 64.5. The number of nitrogens with zero attached hydrogens (tertiary/aromatic N) is 4. The molecule has 0 aliphatic carbocycles. The standard InChI is InChI=1S/C15H26N2O6.C11H18N2O4/c1-14(2,3)22-12(20)16-7-8-17(10(9-16)11(18)19)13(21)23-15(4,5)6;1-11(2,3)17-9(14)12-4-5-13-8(6-12)7-16-10(13)15/h10H,7-9H2,1-6H3,(H,18,19);8H,4-7H2,1-3H3. The first kappa shape index (κ1) is 32.8. The smallest absolute Gasteiger partial charge is 0.411 e. The molecule has 2 unspecified atom stereocenters. The number of aliphatic carboxylic acids is 1. The molecular weight excluding hydrogens is 528 g/mol. The van der Waals surface area contributed by atoms with E-state index in [1.807, 2.05) is 20.8 Å². The summed E-state index contributed by atoms with van der Waals surface area (Å²) in [5.41, 5.74) is -1.88. The molecule has 0 aromatic carbocycles. The van der Waals surface area contributed by atoms with Gasteiger partial charge in [-0.1, -0.05) is 0 Å². The number of carboxylic acids is 1. The number of carbonyl (C=O) groups is 5. The largest absolute Gasteiger partial charge is 0.480 e. The van der Waals surface area contributed by atoms with Crippen molar-refractivity contribution in [2.45, 2.75) is 91.2 Å². The fourth-order valence-electron chi connectivity index (χ4n) is 4.01. The molecule has 0 aromatic rings. The molecule has 2 atom stereocenters. The van der Waals surface area contributed by atoms with Crippen LogP contribution in [0.3, 0.4) is 0 Å². The van der Waals surface area contributed by atoms with Gasteiger partial charge in [-0.05, 0) is 62.3 Å². The zero-order valence-corrected chi connectivity index (χ0v) is 25.0. The molecule has 3 rings (SSSR count). The molecule has 1 N–H and O–H groups in total. The number of hydrogen-bond acceptors (Lipinski definition) is 9. The highest BCUT2D eigenvalue weighted by molar-refractivity contribution is 5.82. The van der Waals surface area contributed by atoms with Gasteiger partial charge in [-0.2, -0.15) is 0 Å². The minimum atomic E-state index is -1.19. The second kappa shape index (κ2) is 12.4. The Hall–Kier alpha value is -3.45. The fourth-order valence-corrected chi connectivity index (χ4v) is 4.01. The van der Waals surface area contributed by atoms with Crippen LogP contribution in [0.5, 0.6) is 0 Å². The molecule has 0 saturated carbocycles. The maximum Gasteiger partial charge on any atom is 0.411 e. The summed E-state index contributed by atoms with van der Waals surface area (Å²) in [5, 5.41) is 9.36. The maximum absolute atomic E-state index is 12.1. The SMILES string of the molecule is CC(C)(C)OC(=O)N1CCN(C(=O)OC(C)(C)C)C(C(=O)O)C1.CC(C)(C)OC(=O)N1CCN2C(=O)OCC2C1. The highest BCUT2D eigenvalue weighted by Crippen LogP contribution is 2.20. The van der Waals surface area contributed by atoms with Crippen LogP contribution >= 0.6 is 0 Å². The van der Waals surface area contributed by atoms with Crippen LogP contribution in [0.2, 0.25) is 0 Å². The number of piperazine rings is 2. The molecule has 0 bridgehead atoms. The van der Waals surface area contributed by atoms with Crippen LogP contribution in [-0.4, -0.2) is 130 Å². The van der Waals surface area contributed by atoms with Gasteiger partial charge >= 0.3 is 30.3 Å². The lowest BCUT2D eigenvalue weighted by atomic mass is 10.1. The lowest BCUT2D eigenvalue weighted by molar-refractivity contribution is -0.145. The quantitative estimate of drug-likeness (QED) is 0.464. The van der Waals surface area contributed by atoms with Crippen LogP contribution in [0.4, 0.5) is 19.2 Å². The molecular formula is C26H44N4O10. The third kappa shape index (κ3) is 9.94. The van der Waals surface area contributed by atoms with E-state index in [0.29, 0.717) is 26.2 Å². The van der Waals surface area contributed by atoms with Crippen molar-refractivity contribution in [2.24, 2.45) is 0 Å². The second-order valence-electron chi connectivity index (χ2n) is 12.8. The van der Waals surface area contributed by atoms with Gasteiger partial charge in [0.05, 0.1) is 12.6 Å². The predicted molar refractivity (Wildman–Crippen MR) is 142 cm³/mol. The zero-order chi connectivity index (χ0) is 30.6. The number of fused-ring (bicyclic) bond motifs is 1. The van der Waals surface area contributed by atoms with Gasteiger partial charge in [-0.15, -0.1) is 0 Å². The summed E-state index contributed by atoms with van der Waals surface area (Å²) in [7, 11) is 0. The van der Waals surface area contributed by atoms with Crippen molar-refractivity contribution in [3.8, 4) is 0 Å². The van der Waals surface area contributed by atoms with E-state index < -0.39 is 41.0 Å². The molecule has 3 saturated heterocycles. The van der Waals surface area contributed by atoms with Crippen LogP contribution in [0, 0.1) is 0 Å². The summed E-state index contributed by atoms with van der Waals surface area (Å²) in [5.74, 6) is -1.19. The molecule has 228 valence electrons. The average molecular weight is 573 g/mol. The molecule has 0 radical (unpaired) electrons. The van der Waals surface area contributed by atoms with Crippen molar-refractivity contribution in [3.63, 3.8) is 0 Å². The normalized spacial score (nSPS) is 21.5. The topological polar surface area (TPSA) is 155 Å². The Kier molecular flexibility index (Phi) is 10.1. The summed E-state index contributed by atoms with van der Waals surface area (Å²) in [6, 6.07) is -1.19. The number of cyclic esters (lactones) is 1. The predicted octanol–water partition coefficient (Wildman–Crippen LogP) is 2.99. The molecule has 14 nitrogen and oxygen atoms in total. The summed E-state index contributed by atoms with van der Waals surface area (Å²) >= 11 is 0. The molecule has 40 heavy (non-hydrogen) atoms. The van der Waals surface area contributed by atoms with E-state index in [2.05, 4.69) is 0 Å². The summed E-state index contributed by atoms with van der Waals surface area (Å²) < 4.78 is 20.7. The van der Waals surface area contributed by atoms with Crippen molar-refractivity contribution in [3.05, 3.63) is 0 Å². The van der Waals surface area contributed by atoms with Crippen molar-refractivity contribution in [1.29, 1.82) is 0 Å². The van der Waals surface area contributed by atoms with Crippen molar-refractivity contribution < 1.29 is 48.0 Å². The van der Waals surface area contributed by atoms with Crippen molar-refractivity contribution in [2.75, 3.05) is 45.9 Å². The number of carboxylic acid groups (broad SMARTS) is 1. The van der Waals surface area contributed by atoms with Crippen LogP contribution in [0.1, 0.15) is 62.3 Å². The van der Waals surface area contributed by atoms with Gasteiger partial charge < -0.3 is 33.9 Å². The first-order chi connectivity index (χ1) is 18.2. The van der Waals surface area contributed by atoms with Gasteiger partial charge in [-0.25, -0.2) is 24.0 Å². The molecule has 4 amide bonds. The van der Waals surface area contributed by atoms with Crippen LogP contribution in [-0.2, 0) is 23.7 Å². The number of ether oxygens (including phenoxy) is 4. The molecule has 0 spiro atoms. The second-order valence-corrected chi connectivity index (χ2v) is 12.8. The number of hydrogen-bond donors (Lipinski definition) is 1. The molecule has 3 aliphatic heterocycles. The minimum absolute atomic E-state index is 0.0243. The zero-order valence-electron chi connectivity index (χ0n) is 25.0. The third-order valence-electron chi connectivity index (χ3n) is 5.71. The van der Waals surface area contributed by atoms with E-state index in [9.17, 15) is 29.1 Å². The van der Waals surface area contributed by atoms with Gasteiger partial charge in [0.1, 0.15) is 23.4 Å². The van der Waals surface area contributed by atoms with Gasteiger partial charge in [0.25, 0.3) is 0 Å². The van der Waals surface area contributed by atoms with Crippen LogP contribution in [0.25, 0.3) is 0 Å². The van der Waals surface area contributed by atoms with E-state index in [1.165, 1.54) is 4.90 Å². The van der Waals surface area contributed by atoms with Crippen molar-refractivity contribution in [1.82, 2.24) is 19.6 Å². The summed E-state index contributed by atoms with van der Waals surface area (Å²) in [6.07, 6.45) is -1.89. The van der Waals surface area contributed by atoms with E-state index in [1.54, 1.807) is 51.3 Å². The maximum atomic E-state index is 12.1. The Morgan fingerprint density at radius 3 is 1.65 bits per heavy atom. The van der Waals surface area contributed by atoms with Gasteiger partial charge in [0.15, 0.2) is 6.04 Å². The Morgan fingerprint density at radius 1 is 0.725 bits per heavy atom. The fraction of sp³-hybridized carbons (Fsp3) is 0.808. The molecule has 3 heterocycles. The van der Waals surface area contributed by atoms with Gasteiger partial charge in [0.2, 0.25) is 0 Å². The Balaban J connectivity index is 0.000000292. The van der Waals surface area contributed by atoms with Crippen LogP contribution < -0.4 is 0 Å². The molecule has 14 heteroatoms. The monoisotopic (exact) mass is 572 g/mol. The number of carbonyl (C=O) groups excluding carboxylic acids is 4. The highest BCUT2D eigenvalue weighted by atomic mass is 16.6. The van der Waals surface area contributed by atoms with E-state index >= 15 is 0 Å². The molecule has 3 fully saturated rings. The Morgan fingerprint density at radius 2 is 1.18 bits per heavy atom. The molecule has 3 aliphatic rings. The van der Waals surface area contributed by atoms with Crippen molar-refractivity contribution >= 4 is 30.3 Å². The minimum Gasteiger partial charge on any atom is -0.480 e. The first-order valence-electron chi connectivity index (χ1n) is 13.3. The number of rotatable bonds is 1. The van der Waals surface area contributed by atoms with E-state index in [-0.39, 0.29) is 37.9 Å². The van der Waals surface area contributed by atoms with Gasteiger partial charge in [0, 0.05) is 32.7 Å². The van der Waals surface area contributed by atoms with Gasteiger partial charge in [-0.3, -0.25) is 9.80 Å². The lowest BCUT2D eigenvalue weighted by Crippen LogP contribution is -2.60. The average Bonchev–Trinajstić information content (AvgIpc) is 3.15. The number of amides is 4. The van der Waals surface area contributed by atoms with E-state index in [0.717, 1.165) is 4.90 Å². The highest BCUT2D eigenvalue weighted by Gasteiger charge is 2.41. The summed E-state index contributed by atoms with van der Waals surface area (Å²) in [6.45, 7) is 17.8. The van der Waals surface area contributed by atoms with E-state index in [4.69, 9.17) is 18.9 Å². The first-order valence-corrected chi connectivity index (χ1v) is 13.3. The third-order valence-corrected chi connectivity index (χ3v) is 5.71. The Bertz CT molecular complexity index is 966.